The summed E-state index contributed by atoms with van der Waals surface area (Å²) in [6.45, 7) is 24.5. The van der Waals surface area contributed by atoms with Crippen LogP contribution in [0.15, 0.2) is 24.3 Å². The van der Waals surface area contributed by atoms with Crippen LogP contribution in [0.25, 0.3) is 0 Å². The minimum absolute atomic E-state index is 0.0173. The number of phenolic OH excluding ortho intramolecular Hbond substituents is 2. The molecule has 4 heteroatoms. The average molecular weight is 825 g/mol. The van der Waals surface area contributed by atoms with Crippen molar-refractivity contribution in [3.05, 3.63) is 57.6 Å². The Bertz CT molecular complexity index is 1750. The molecule has 9 aliphatic carbocycles. The van der Waals surface area contributed by atoms with Crippen LogP contribution in [0.3, 0.4) is 0 Å². The Morgan fingerprint density at radius 3 is 1.17 bits per heavy atom. The third-order valence-electron chi connectivity index (χ3n) is 17.6. The fraction of sp³-hybridized carbons (Fsp3) is 0.778. The Kier molecular flexibility index (Phi) is 10.1. The maximum Gasteiger partial charge on any atom is 0.123 e. The fourth-order valence-electron chi connectivity index (χ4n) is 17.0. The molecule has 4 atom stereocenters. The molecule has 58 heavy (non-hydrogen) atoms. The van der Waals surface area contributed by atoms with E-state index in [0.717, 1.165) is 23.3 Å². The molecule has 0 aromatic heterocycles. The fourth-order valence-corrected chi connectivity index (χ4v) is 20.1. The number of hydrogen-bond acceptors (Lipinski definition) is 4. The van der Waals surface area contributed by atoms with Crippen LogP contribution in [0, 0.1) is 33.5 Å². The first-order chi connectivity index (χ1) is 27.0. The van der Waals surface area contributed by atoms with E-state index < -0.39 is 0 Å². The highest BCUT2D eigenvalue weighted by atomic mass is 32.2. The van der Waals surface area contributed by atoms with Crippen molar-refractivity contribution in [2.24, 2.45) is 33.5 Å². The van der Waals surface area contributed by atoms with Crippen molar-refractivity contribution in [2.75, 3.05) is 0 Å². The third kappa shape index (κ3) is 7.55. The van der Waals surface area contributed by atoms with E-state index in [9.17, 15) is 10.2 Å². The van der Waals surface area contributed by atoms with E-state index in [0.29, 0.717) is 33.2 Å². The Morgan fingerprint density at radius 1 is 0.500 bits per heavy atom. The zero-order valence-electron chi connectivity index (χ0n) is 38.5. The zero-order valence-corrected chi connectivity index (χ0v) is 40.2. The molecular weight excluding hydrogens is 745 g/mol. The lowest BCUT2D eigenvalue weighted by Gasteiger charge is -2.65. The standard InChI is InChI=1S/C54H80O2S2/c1-46(2,3)40-18-38(44(55)42(20-40)52-26-36-22-48(7,32-52)30-49(8,23-36)33-52)28-57-54(16-14-12-11-13-15-17-54)58-29-39-19-41(47(4,5)6)21-43(45(39)56)53-27-37-24-50(9,34-53)31-51(10,25-37)35-53/h18-21,36-37,55-56H,11-17,22-35H2,1-10H3. The summed E-state index contributed by atoms with van der Waals surface area (Å²) in [4.78, 5) is 0. The van der Waals surface area contributed by atoms with Gasteiger partial charge in [0.25, 0.3) is 0 Å². The van der Waals surface area contributed by atoms with Gasteiger partial charge in [-0.2, -0.15) is 0 Å². The van der Waals surface area contributed by atoms with Crippen LogP contribution in [0.1, 0.15) is 225 Å². The monoisotopic (exact) mass is 825 g/mol. The number of rotatable bonds is 8. The molecule has 0 heterocycles. The Balaban J connectivity index is 1.05. The van der Waals surface area contributed by atoms with Crippen molar-refractivity contribution in [1.29, 1.82) is 0 Å². The summed E-state index contributed by atoms with van der Waals surface area (Å²) >= 11 is 4.29. The van der Waals surface area contributed by atoms with Gasteiger partial charge in [-0.15, -0.1) is 23.5 Å². The molecule has 0 aliphatic heterocycles. The van der Waals surface area contributed by atoms with Crippen molar-refractivity contribution in [3.63, 3.8) is 0 Å². The third-order valence-corrected chi connectivity index (χ3v) is 21.1. The molecule has 2 aromatic carbocycles. The number of benzene rings is 2. The van der Waals surface area contributed by atoms with Gasteiger partial charge in [-0.05, 0) is 145 Å². The smallest absolute Gasteiger partial charge is 0.123 e. The van der Waals surface area contributed by atoms with Crippen LogP contribution < -0.4 is 0 Å². The highest BCUT2D eigenvalue weighted by molar-refractivity contribution is 8.17. The van der Waals surface area contributed by atoms with Gasteiger partial charge in [0.1, 0.15) is 11.5 Å². The second-order valence-corrected chi connectivity index (χ2v) is 29.1. The minimum atomic E-state index is 0.0173. The lowest BCUT2D eigenvalue weighted by atomic mass is 9.39. The molecule has 11 rings (SSSR count). The number of phenols is 2. The molecule has 2 aromatic rings. The van der Waals surface area contributed by atoms with E-state index in [4.69, 9.17) is 0 Å². The molecule has 9 saturated carbocycles. The predicted molar refractivity (Wildman–Crippen MR) is 249 cm³/mol. The Labute approximate surface area is 363 Å². The zero-order chi connectivity index (χ0) is 41.4. The van der Waals surface area contributed by atoms with Gasteiger partial charge in [0.15, 0.2) is 0 Å². The first kappa shape index (κ1) is 42.1. The van der Waals surface area contributed by atoms with Crippen molar-refractivity contribution >= 4 is 23.5 Å². The van der Waals surface area contributed by atoms with Gasteiger partial charge < -0.3 is 10.2 Å². The molecular formula is C54H80O2S2. The van der Waals surface area contributed by atoms with Gasteiger partial charge in [-0.25, -0.2) is 0 Å². The Hall–Kier alpha value is -1.26. The van der Waals surface area contributed by atoms with E-state index >= 15 is 0 Å². The second kappa shape index (κ2) is 13.9. The normalized spacial score (nSPS) is 39.2. The highest BCUT2D eigenvalue weighted by Gasteiger charge is 2.62. The topological polar surface area (TPSA) is 40.5 Å². The second-order valence-electron chi connectivity index (χ2n) is 26.1. The van der Waals surface area contributed by atoms with Crippen LogP contribution in [-0.4, -0.2) is 14.3 Å². The molecule has 9 aliphatic rings. The van der Waals surface area contributed by atoms with Gasteiger partial charge in [0.05, 0.1) is 4.08 Å². The summed E-state index contributed by atoms with van der Waals surface area (Å²) in [5.41, 5.74) is 9.53. The van der Waals surface area contributed by atoms with Gasteiger partial charge in [-0.3, -0.25) is 0 Å². The van der Waals surface area contributed by atoms with Crippen molar-refractivity contribution in [1.82, 2.24) is 0 Å². The summed E-state index contributed by atoms with van der Waals surface area (Å²) in [5, 5.41) is 25.2. The van der Waals surface area contributed by atoms with Crippen LogP contribution in [0.2, 0.25) is 0 Å². The summed E-state index contributed by atoms with van der Waals surface area (Å²) in [6.07, 6.45) is 24.6. The number of hydrogen-bond donors (Lipinski definition) is 2. The van der Waals surface area contributed by atoms with E-state index in [1.807, 2.05) is 0 Å². The van der Waals surface area contributed by atoms with Gasteiger partial charge in [0, 0.05) is 44.6 Å². The molecule has 0 amide bonds. The lowest BCUT2D eigenvalue weighted by Crippen LogP contribution is -2.56. The largest absolute Gasteiger partial charge is 0.507 e. The molecule has 8 bridgehead atoms. The molecule has 2 nitrogen and oxygen atoms in total. The van der Waals surface area contributed by atoms with Gasteiger partial charge in [-0.1, -0.05) is 126 Å². The summed E-state index contributed by atoms with van der Waals surface area (Å²) in [5.74, 6) is 4.53. The van der Waals surface area contributed by atoms with E-state index in [-0.39, 0.29) is 25.7 Å². The SMILES string of the molecule is CC12CC3CC(C)(C1)CC(c1cc(C(C)(C)C)cc(CSC4(SCc5cc(C(C)(C)C)cc(C67CC8CC(C)(CC(C)(C8)C6)C7)c5O)CCCCCCC4)c1O)(C3)C2. The molecule has 2 N–H and O–H groups in total. The lowest BCUT2D eigenvalue weighted by molar-refractivity contribution is -0.110. The quantitative estimate of drug-likeness (QED) is 0.260. The maximum absolute atomic E-state index is 12.6. The van der Waals surface area contributed by atoms with Gasteiger partial charge >= 0.3 is 0 Å². The van der Waals surface area contributed by atoms with Crippen LogP contribution in [0.4, 0.5) is 0 Å². The molecule has 0 radical (unpaired) electrons. The Morgan fingerprint density at radius 2 is 0.845 bits per heavy atom. The molecule has 9 fully saturated rings. The first-order valence-electron chi connectivity index (χ1n) is 24.0. The van der Waals surface area contributed by atoms with Crippen molar-refractivity contribution in [2.45, 2.75) is 228 Å². The first-order valence-corrected chi connectivity index (χ1v) is 25.9. The highest BCUT2D eigenvalue weighted by Crippen LogP contribution is 2.72. The average Bonchev–Trinajstić information content (AvgIpc) is 3.04. The number of aromatic hydroxyl groups is 2. The number of thioether (sulfide) groups is 2. The van der Waals surface area contributed by atoms with E-state index in [1.165, 1.54) is 155 Å². The summed E-state index contributed by atoms with van der Waals surface area (Å²) in [6, 6.07) is 9.73. The molecule has 0 saturated heterocycles. The van der Waals surface area contributed by atoms with Crippen molar-refractivity contribution in [3.8, 4) is 11.5 Å². The summed E-state index contributed by atoms with van der Waals surface area (Å²) in [7, 11) is 0. The summed E-state index contributed by atoms with van der Waals surface area (Å²) < 4.78 is 0.0540. The van der Waals surface area contributed by atoms with Crippen molar-refractivity contribution < 1.29 is 10.2 Å². The van der Waals surface area contributed by atoms with Crippen LogP contribution in [0.5, 0.6) is 11.5 Å². The molecule has 0 spiro atoms. The van der Waals surface area contributed by atoms with Crippen LogP contribution >= 0.6 is 23.5 Å². The molecule has 4 unspecified atom stereocenters. The maximum atomic E-state index is 12.6. The van der Waals surface area contributed by atoms with E-state index in [2.05, 4.69) is 117 Å². The van der Waals surface area contributed by atoms with E-state index in [1.54, 1.807) is 0 Å². The molecule has 320 valence electrons. The minimum Gasteiger partial charge on any atom is -0.507 e. The van der Waals surface area contributed by atoms with Crippen LogP contribution in [-0.2, 0) is 33.2 Å². The predicted octanol–water partition coefficient (Wildman–Crippen LogP) is 15.8. The van der Waals surface area contributed by atoms with Gasteiger partial charge in [0.2, 0.25) is 0 Å².